The normalized spacial score (nSPS) is 14.7. The van der Waals surface area contributed by atoms with Crippen LogP contribution in [0.3, 0.4) is 0 Å². The molecule has 3 rings (SSSR count). The summed E-state index contributed by atoms with van der Waals surface area (Å²) < 4.78 is 2.05. The van der Waals surface area contributed by atoms with Crippen molar-refractivity contribution >= 4 is 17.4 Å². The number of rotatable bonds is 3. The predicted octanol–water partition coefficient (Wildman–Crippen LogP) is 4.47. The minimum Gasteiger partial charge on any atom is -0.370 e. The van der Waals surface area contributed by atoms with Gasteiger partial charge in [-0.25, -0.2) is 4.68 Å². The van der Waals surface area contributed by atoms with Crippen LogP contribution in [-0.4, -0.2) is 16.3 Å². The molecule has 0 atom stereocenters. The molecule has 1 N–H and O–H groups in total. The lowest BCUT2D eigenvalue weighted by molar-refractivity contribution is 0.622. The van der Waals surface area contributed by atoms with Gasteiger partial charge in [-0.2, -0.15) is 5.10 Å². The zero-order valence-corrected chi connectivity index (χ0v) is 13.5. The Balaban J connectivity index is 2.07. The summed E-state index contributed by atoms with van der Waals surface area (Å²) in [7, 11) is 0. The Bertz CT molecular complexity index is 614. The van der Waals surface area contributed by atoms with Crippen LogP contribution in [0, 0.1) is 5.92 Å². The van der Waals surface area contributed by atoms with Crippen molar-refractivity contribution in [1.29, 1.82) is 0 Å². The minimum atomic E-state index is 0.617. The largest absolute Gasteiger partial charge is 0.370 e. The van der Waals surface area contributed by atoms with Crippen molar-refractivity contribution in [3.05, 3.63) is 40.5 Å². The van der Waals surface area contributed by atoms with Crippen LogP contribution in [0.5, 0.6) is 0 Å². The maximum absolute atomic E-state index is 6.00. The van der Waals surface area contributed by atoms with Gasteiger partial charge in [0.25, 0.3) is 0 Å². The molecular formula is C17H22ClN3. The van der Waals surface area contributed by atoms with Crippen LogP contribution in [0.15, 0.2) is 24.3 Å². The van der Waals surface area contributed by atoms with Crippen molar-refractivity contribution in [2.45, 2.75) is 39.5 Å². The molecule has 0 radical (unpaired) electrons. The van der Waals surface area contributed by atoms with Crippen molar-refractivity contribution in [2.24, 2.45) is 5.92 Å². The molecule has 0 amide bonds. The molecule has 3 nitrogen and oxygen atoms in total. The van der Waals surface area contributed by atoms with Gasteiger partial charge in [-0.1, -0.05) is 25.4 Å². The number of hydrogen-bond donors (Lipinski definition) is 1. The standard InChI is InChI=1S/C17H22ClN3/c1-12(2)11-16-15-5-3-4-10-19-17(15)21(20-16)14-8-6-13(18)7-9-14/h6-9,12,19H,3-5,10-11H2,1-2H3. The Hall–Kier alpha value is -1.48. The molecule has 0 fully saturated rings. The lowest BCUT2D eigenvalue weighted by Gasteiger charge is -2.09. The number of benzene rings is 1. The van der Waals surface area contributed by atoms with Crippen LogP contribution in [0.1, 0.15) is 37.9 Å². The number of nitrogens with zero attached hydrogens (tertiary/aromatic N) is 2. The summed E-state index contributed by atoms with van der Waals surface area (Å²) in [5.41, 5.74) is 3.71. The molecule has 1 aliphatic heterocycles. The molecule has 0 bridgehead atoms. The highest BCUT2D eigenvalue weighted by atomic mass is 35.5. The number of aromatic nitrogens is 2. The van der Waals surface area contributed by atoms with Crippen molar-refractivity contribution in [3.8, 4) is 5.69 Å². The van der Waals surface area contributed by atoms with Crippen molar-refractivity contribution in [3.63, 3.8) is 0 Å². The number of nitrogens with one attached hydrogen (secondary N) is 1. The van der Waals surface area contributed by atoms with Gasteiger partial charge in [-0.15, -0.1) is 0 Å². The molecule has 21 heavy (non-hydrogen) atoms. The molecule has 0 saturated carbocycles. The van der Waals surface area contributed by atoms with Crippen LogP contribution in [0.4, 0.5) is 5.82 Å². The Kier molecular flexibility index (Phi) is 4.20. The summed E-state index contributed by atoms with van der Waals surface area (Å²) in [6, 6.07) is 7.90. The van der Waals surface area contributed by atoms with Gasteiger partial charge in [0.15, 0.2) is 0 Å². The van der Waals surface area contributed by atoms with E-state index in [-0.39, 0.29) is 0 Å². The smallest absolute Gasteiger partial charge is 0.133 e. The maximum atomic E-state index is 6.00. The first-order valence-electron chi connectivity index (χ1n) is 7.75. The molecule has 4 heteroatoms. The third-order valence-electron chi connectivity index (χ3n) is 3.89. The minimum absolute atomic E-state index is 0.617. The average Bonchev–Trinajstić information content (AvgIpc) is 2.63. The lowest BCUT2D eigenvalue weighted by Crippen LogP contribution is -2.07. The molecule has 0 unspecified atom stereocenters. The third-order valence-corrected chi connectivity index (χ3v) is 4.14. The third kappa shape index (κ3) is 3.08. The number of halogens is 1. The fourth-order valence-electron chi connectivity index (χ4n) is 2.89. The maximum Gasteiger partial charge on any atom is 0.133 e. The van der Waals surface area contributed by atoms with Gasteiger partial charge in [-0.3, -0.25) is 0 Å². The van der Waals surface area contributed by atoms with Gasteiger partial charge in [0.05, 0.1) is 11.4 Å². The van der Waals surface area contributed by atoms with E-state index in [4.69, 9.17) is 16.7 Å². The number of fused-ring (bicyclic) bond motifs is 1. The Morgan fingerprint density at radius 1 is 1.24 bits per heavy atom. The second kappa shape index (κ2) is 6.10. The molecule has 1 aliphatic rings. The van der Waals surface area contributed by atoms with E-state index in [0.29, 0.717) is 5.92 Å². The lowest BCUT2D eigenvalue weighted by atomic mass is 10.0. The SMILES string of the molecule is CC(C)Cc1nn(-c2ccc(Cl)cc2)c2c1CCCCN2. The van der Waals surface area contributed by atoms with Crippen LogP contribution >= 0.6 is 11.6 Å². The van der Waals surface area contributed by atoms with Crippen LogP contribution < -0.4 is 5.32 Å². The van der Waals surface area contributed by atoms with Crippen LogP contribution in [0.25, 0.3) is 5.69 Å². The molecule has 1 aromatic heterocycles. The Morgan fingerprint density at radius 3 is 2.71 bits per heavy atom. The molecule has 2 aromatic rings. The van der Waals surface area contributed by atoms with Crippen molar-refractivity contribution in [2.75, 3.05) is 11.9 Å². The zero-order chi connectivity index (χ0) is 14.8. The second-order valence-corrected chi connectivity index (χ2v) is 6.58. The first kappa shape index (κ1) is 14.5. The summed E-state index contributed by atoms with van der Waals surface area (Å²) >= 11 is 6.00. The summed E-state index contributed by atoms with van der Waals surface area (Å²) in [6.07, 6.45) is 4.61. The van der Waals surface area contributed by atoms with Gasteiger partial charge in [0.2, 0.25) is 0 Å². The van der Waals surface area contributed by atoms with E-state index in [0.717, 1.165) is 30.1 Å². The van der Waals surface area contributed by atoms with E-state index in [9.17, 15) is 0 Å². The van der Waals surface area contributed by atoms with Gasteiger partial charge >= 0.3 is 0 Å². The fraction of sp³-hybridized carbons (Fsp3) is 0.471. The zero-order valence-electron chi connectivity index (χ0n) is 12.7. The molecule has 112 valence electrons. The Morgan fingerprint density at radius 2 is 2.00 bits per heavy atom. The quantitative estimate of drug-likeness (QED) is 0.906. The predicted molar refractivity (Wildman–Crippen MR) is 88.5 cm³/mol. The van der Waals surface area contributed by atoms with Crippen molar-refractivity contribution in [1.82, 2.24) is 9.78 Å². The van der Waals surface area contributed by atoms with Gasteiger partial charge in [0, 0.05) is 17.1 Å². The number of hydrogen-bond acceptors (Lipinski definition) is 2. The van der Waals surface area contributed by atoms with Gasteiger partial charge in [0.1, 0.15) is 5.82 Å². The van der Waals surface area contributed by atoms with E-state index in [1.807, 2.05) is 24.3 Å². The summed E-state index contributed by atoms with van der Waals surface area (Å²) in [5, 5.41) is 9.21. The topological polar surface area (TPSA) is 29.9 Å². The number of anilines is 1. The van der Waals surface area contributed by atoms with Gasteiger partial charge < -0.3 is 5.32 Å². The molecule has 0 saturated heterocycles. The van der Waals surface area contributed by atoms with Crippen LogP contribution in [-0.2, 0) is 12.8 Å². The average molecular weight is 304 g/mol. The van der Waals surface area contributed by atoms with E-state index >= 15 is 0 Å². The monoisotopic (exact) mass is 303 g/mol. The first-order chi connectivity index (χ1) is 10.1. The second-order valence-electron chi connectivity index (χ2n) is 6.14. The van der Waals surface area contributed by atoms with E-state index in [2.05, 4.69) is 23.8 Å². The molecule has 0 aliphatic carbocycles. The van der Waals surface area contributed by atoms with Crippen molar-refractivity contribution < 1.29 is 0 Å². The molecule has 0 spiro atoms. The summed E-state index contributed by atoms with van der Waals surface area (Å²) in [5.74, 6) is 1.79. The first-order valence-corrected chi connectivity index (χ1v) is 8.13. The van der Waals surface area contributed by atoms with Gasteiger partial charge in [-0.05, 0) is 55.9 Å². The summed E-state index contributed by atoms with van der Waals surface area (Å²) in [4.78, 5) is 0. The van der Waals surface area contributed by atoms with E-state index < -0.39 is 0 Å². The summed E-state index contributed by atoms with van der Waals surface area (Å²) in [6.45, 7) is 5.52. The fourth-order valence-corrected chi connectivity index (χ4v) is 3.02. The van der Waals surface area contributed by atoms with E-state index in [1.165, 1.54) is 29.9 Å². The van der Waals surface area contributed by atoms with Crippen LogP contribution in [0.2, 0.25) is 5.02 Å². The molecular weight excluding hydrogens is 282 g/mol. The van der Waals surface area contributed by atoms with E-state index in [1.54, 1.807) is 0 Å². The highest BCUT2D eigenvalue weighted by Gasteiger charge is 2.20. The highest BCUT2D eigenvalue weighted by molar-refractivity contribution is 6.30. The highest BCUT2D eigenvalue weighted by Crippen LogP contribution is 2.29. The Labute approximate surface area is 131 Å². The molecule has 1 aromatic carbocycles. The molecule has 2 heterocycles.